The highest BCUT2D eigenvalue weighted by Crippen LogP contribution is 2.24. The molecule has 1 fully saturated rings. The third-order valence-corrected chi connectivity index (χ3v) is 4.18. The number of esters is 1. The van der Waals surface area contributed by atoms with Gasteiger partial charge >= 0.3 is 5.97 Å². The smallest absolute Gasteiger partial charge is 0.340 e. The molecule has 1 aliphatic heterocycles. The van der Waals surface area contributed by atoms with Crippen LogP contribution < -0.4 is 0 Å². The van der Waals surface area contributed by atoms with Crippen LogP contribution in [0.4, 0.5) is 0 Å². The van der Waals surface area contributed by atoms with Crippen LogP contribution in [0.2, 0.25) is 0 Å². The standard InChI is InChI=1S/C18H22N2O3/c1-3-23-18(21)17-13(2)14-6-4-5-7-15(14)19-16(17)12-20-8-10-22-11-9-20/h4-7H,3,8-12H2,1-2H3. The molecule has 0 aliphatic carbocycles. The van der Waals surface area contributed by atoms with Crippen molar-refractivity contribution >= 4 is 16.9 Å². The maximum Gasteiger partial charge on any atom is 0.340 e. The summed E-state index contributed by atoms with van der Waals surface area (Å²) in [6.07, 6.45) is 0. The Kier molecular flexibility index (Phi) is 4.88. The minimum atomic E-state index is -0.286. The molecule has 0 amide bonds. The Morgan fingerprint density at radius 2 is 2.04 bits per heavy atom. The van der Waals surface area contributed by atoms with Crippen LogP contribution in [-0.4, -0.2) is 48.8 Å². The van der Waals surface area contributed by atoms with Crippen LogP contribution in [0.3, 0.4) is 0 Å². The first-order valence-corrected chi connectivity index (χ1v) is 8.06. The average molecular weight is 314 g/mol. The number of benzene rings is 1. The molecule has 0 spiro atoms. The van der Waals surface area contributed by atoms with Crippen LogP contribution in [0.15, 0.2) is 24.3 Å². The fourth-order valence-corrected chi connectivity index (χ4v) is 3.00. The van der Waals surface area contributed by atoms with Gasteiger partial charge in [0.05, 0.1) is 36.6 Å². The molecule has 0 saturated carbocycles. The maximum absolute atomic E-state index is 12.5. The van der Waals surface area contributed by atoms with Gasteiger partial charge in [-0.25, -0.2) is 4.79 Å². The Bertz CT molecular complexity index is 709. The van der Waals surface area contributed by atoms with Crippen LogP contribution in [0.5, 0.6) is 0 Å². The number of morpholine rings is 1. The lowest BCUT2D eigenvalue weighted by molar-refractivity contribution is 0.0331. The molecule has 1 aromatic carbocycles. The molecule has 0 N–H and O–H groups in total. The molecule has 1 aromatic heterocycles. The van der Waals surface area contributed by atoms with Gasteiger partial charge in [0, 0.05) is 25.0 Å². The number of nitrogens with zero attached hydrogens (tertiary/aromatic N) is 2. The molecule has 0 atom stereocenters. The molecule has 0 radical (unpaired) electrons. The van der Waals surface area contributed by atoms with Crippen molar-refractivity contribution in [2.45, 2.75) is 20.4 Å². The lowest BCUT2D eigenvalue weighted by Gasteiger charge is -2.27. The van der Waals surface area contributed by atoms with E-state index in [1.54, 1.807) is 0 Å². The molecule has 2 heterocycles. The van der Waals surface area contributed by atoms with Crippen LogP contribution in [-0.2, 0) is 16.0 Å². The van der Waals surface area contributed by atoms with Gasteiger partial charge in [0.2, 0.25) is 0 Å². The van der Waals surface area contributed by atoms with Crippen LogP contribution in [0.25, 0.3) is 10.9 Å². The zero-order chi connectivity index (χ0) is 16.2. The first-order valence-electron chi connectivity index (χ1n) is 8.06. The maximum atomic E-state index is 12.5. The first kappa shape index (κ1) is 15.9. The number of carbonyl (C=O) groups excluding carboxylic acids is 1. The fourth-order valence-electron chi connectivity index (χ4n) is 3.00. The van der Waals surface area contributed by atoms with E-state index in [4.69, 9.17) is 14.5 Å². The van der Waals surface area contributed by atoms with E-state index in [1.165, 1.54) is 0 Å². The highest BCUT2D eigenvalue weighted by Gasteiger charge is 2.22. The van der Waals surface area contributed by atoms with E-state index in [2.05, 4.69) is 4.90 Å². The molecule has 1 aliphatic rings. The van der Waals surface area contributed by atoms with Crippen molar-refractivity contribution in [3.05, 3.63) is 41.1 Å². The normalized spacial score (nSPS) is 15.7. The summed E-state index contributed by atoms with van der Waals surface area (Å²) < 4.78 is 10.7. The Morgan fingerprint density at radius 1 is 1.30 bits per heavy atom. The number of fused-ring (bicyclic) bond motifs is 1. The highest BCUT2D eigenvalue weighted by molar-refractivity contribution is 5.98. The van der Waals surface area contributed by atoms with E-state index in [0.717, 1.165) is 48.5 Å². The molecule has 5 heteroatoms. The number of aromatic nitrogens is 1. The quantitative estimate of drug-likeness (QED) is 0.812. The Balaban J connectivity index is 2.05. The van der Waals surface area contributed by atoms with E-state index in [9.17, 15) is 4.79 Å². The molecular weight excluding hydrogens is 292 g/mol. The highest BCUT2D eigenvalue weighted by atomic mass is 16.5. The summed E-state index contributed by atoms with van der Waals surface area (Å²) >= 11 is 0. The van der Waals surface area contributed by atoms with Gasteiger partial charge in [-0.15, -0.1) is 0 Å². The summed E-state index contributed by atoms with van der Waals surface area (Å²) in [6, 6.07) is 7.92. The number of aryl methyl sites for hydroxylation is 1. The molecule has 3 rings (SSSR count). The second-order valence-electron chi connectivity index (χ2n) is 5.68. The minimum absolute atomic E-state index is 0.286. The van der Waals surface area contributed by atoms with Gasteiger partial charge in [0.15, 0.2) is 0 Å². The summed E-state index contributed by atoms with van der Waals surface area (Å²) in [5.74, 6) is -0.286. The summed E-state index contributed by atoms with van der Waals surface area (Å²) in [4.78, 5) is 19.5. The van der Waals surface area contributed by atoms with Gasteiger partial charge in [0.1, 0.15) is 0 Å². The topological polar surface area (TPSA) is 51.7 Å². The zero-order valence-corrected chi connectivity index (χ0v) is 13.7. The number of hydrogen-bond acceptors (Lipinski definition) is 5. The largest absolute Gasteiger partial charge is 0.462 e. The van der Waals surface area contributed by atoms with Crippen molar-refractivity contribution in [3.8, 4) is 0 Å². The van der Waals surface area contributed by atoms with E-state index in [1.807, 2.05) is 38.1 Å². The molecule has 1 saturated heterocycles. The molecule has 2 aromatic rings. The van der Waals surface area contributed by atoms with Gasteiger partial charge in [-0.05, 0) is 25.5 Å². The van der Waals surface area contributed by atoms with Gasteiger partial charge in [-0.2, -0.15) is 0 Å². The lowest BCUT2D eigenvalue weighted by Crippen LogP contribution is -2.36. The predicted octanol–water partition coefficient (Wildman–Crippen LogP) is 2.55. The van der Waals surface area contributed by atoms with E-state index in [0.29, 0.717) is 18.7 Å². The molecule has 5 nitrogen and oxygen atoms in total. The first-order chi connectivity index (χ1) is 11.2. The number of para-hydroxylation sites is 1. The number of hydrogen-bond donors (Lipinski definition) is 0. The fraction of sp³-hybridized carbons (Fsp3) is 0.444. The van der Waals surface area contributed by atoms with Crippen LogP contribution in [0, 0.1) is 6.92 Å². The Hall–Kier alpha value is -1.98. The van der Waals surface area contributed by atoms with Crippen molar-refractivity contribution < 1.29 is 14.3 Å². The Morgan fingerprint density at radius 3 is 2.78 bits per heavy atom. The monoisotopic (exact) mass is 314 g/mol. The number of rotatable bonds is 4. The SMILES string of the molecule is CCOC(=O)c1c(CN2CCOCC2)nc2ccccc2c1C. The van der Waals surface area contributed by atoms with Crippen molar-refractivity contribution in [2.24, 2.45) is 0 Å². The third kappa shape index (κ3) is 3.35. The van der Waals surface area contributed by atoms with Crippen LogP contribution >= 0.6 is 0 Å². The van der Waals surface area contributed by atoms with Crippen molar-refractivity contribution in [1.29, 1.82) is 0 Å². The van der Waals surface area contributed by atoms with Gasteiger partial charge < -0.3 is 9.47 Å². The second kappa shape index (κ2) is 7.06. The van der Waals surface area contributed by atoms with Crippen molar-refractivity contribution in [1.82, 2.24) is 9.88 Å². The van der Waals surface area contributed by atoms with E-state index < -0.39 is 0 Å². The lowest BCUT2D eigenvalue weighted by atomic mass is 10.0. The summed E-state index contributed by atoms with van der Waals surface area (Å²) in [5, 5.41) is 1.00. The molecule has 23 heavy (non-hydrogen) atoms. The van der Waals surface area contributed by atoms with E-state index >= 15 is 0 Å². The molecule has 0 unspecified atom stereocenters. The Labute approximate surface area is 136 Å². The average Bonchev–Trinajstić information content (AvgIpc) is 2.56. The number of carbonyl (C=O) groups is 1. The van der Waals surface area contributed by atoms with Gasteiger partial charge in [-0.3, -0.25) is 9.88 Å². The second-order valence-corrected chi connectivity index (χ2v) is 5.68. The zero-order valence-electron chi connectivity index (χ0n) is 13.7. The third-order valence-electron chi connectivity index (χ3n) is 4.18. The summed E-state index contributed by atoms with van der Waals surface area (Å²) in [6.45, 7) is 7.96. The molecular formula is C18H22N2O3. The molecule has 0 bridgehead atoms. The van der Waals surface area contributed by atoms with Crippen molar-refractivity contribution in [3.63, 3.8) is 0 Å². The van der Waals surface area contributed by atoms with Gasteiger partial charge in [-0.1, -0.05) is 18.2 Å². The minimum Gasteiger partial charge on any atom is -0.462 e. The number of ether oxygens (including phenoxy) is 2. The van der Waals surface area contributed by atoms with E-state index in [-0.39, 0.29) is 5.97 Å². The predicted molar refractivity (Wildman–Crippen MR) is 88.5 cm³/mol. The molecule has 122 valence electrons. The summed E-state index contributed by atoms with van der Waals surface area (Å²) in [7, 11) is 0. The summed E-state index contributed by atoms with van der Waals surface area (Å²) in [5.41, 5.74) is 3.26. The van der Waals surface area contributed by atoms with Crippen LogP contribution in [0.1, 0.15) is 28.5 Å². The van der Waals surface area contributed by atoms with Crippen molar-refractivity contribution in [2.75, 3.05) is 32.9 Å². The van der Waals surface area contributed by atoms with Gasteiger partial charge in [0.25, 0.3) is 0 Å². The number of pyridine rings is 1.